The van der Waals surface area contributed by atoms with Crippen LogP contribution in [0.1, 0.15) is 56.7 Å². The quantitative estimate of drug-likeness (QED) is 0.328. The number of benzene rings is 3. The average molecular weight is 556 g/mol. The monoisotopic (exact) mass is 555 g/mol. The number of anilines is 1. The van der Waals surface area contributed by atoms with E-state index in [0.29, 0.717) is 34.0 Å². The summed E-state index contributed by atoms with van der Waals surface area (Å²) in [5.74, 6) is 1.19. The van der Waals surface area contributed by atoms with Crippen molar-refractivity contribution < 1.29 is 23.8 Å². The lowest BCUT2D eigenvalue weighted by molar-refractivity contribution is -0.128. The number of rotatable bonds is 8. The van der Waals surface area contributed by atoms with Crippen molar-refractivity contribution in [1.29, 1.82) is 0 Å². The number of aromatic nitrogens is 3. The standard InChI is InChI=1S/C31H33N5O5/c1-20(36-26-11-7-6-10-25(26)33-34-36)31(38)35(23-14-17-27-28(18-23)41-19-40-27)29(21-12-15-24(39-2)16-13-21)30(37)32-22-8-4-3-5-9-22/h6-7,10-18,20,22,29H,3-5,8-9,19H2,1-2H3,(H,32,37). The van der Waals surface area contributed by atoms with Gasteiger partial charge < -0.3 is 19.5 Å². The van der Waals surface area contributed by atoms with Gasteiger partial charge in [0.1, 0.15) is 23.3 Å². The number of hydrogen-bond donors (Lipinski definition) is 1. The zero-order valence-electron chi connectivity index (χ0n) is 23.2. The van der Waals surface area contributed by atoms with E-state index in [1.165, 1.54) is 6.42 Å². The molecule has 0 bridgehead atoms. The number of methoxy groups -OCH3 is 1. The van der Waals surface area contributed by atoms with Crippen LogP contribution in [0.15, 0.2) is 66.7 Å². The summed E-state index contributed by atoms with van der Waals surface area (Å²) in [6.07, 6.45) is 5.14. The van der Waals surface area contributed by atoms with Crippen LogP contribution in [0.2, 0.25) is 0 Å². The number of para-hydroxylation sites is 1. The second kappa shape index (κ2) is 11.5. The van der Waals surface area contributed by atoms with Gasteiger partial charge in [-0.05, 0) is 61.7 Å². The molecule has 1 saturated carbocycles. The van der Waals surface area contributed by atoms with Crippen LogP contribution in [-0.4, -0.2) is 46.8 Å². The SMILES string of the molecule is COc1ccc(C(C(=O)NC2CCCCC2)N(C(=O)C(C)n2nnc3ccccc32)c2ccc3c(c2)OCO3)cc1. The largest absolute Gasteiger partial charge is 0.497 e. The third kappa shape index (κ3) is 5.29. The highest BCUT2D eigenvalue weighted by Gasteiger charge is 2.38. The van der Waals surface area contributed by atoms with E-state index < -0.39 is 12.1 Å². The number of nitrogens with zero attached hydrogens (tertiary/aromatic N) is 4. The lowest BCUT2D eigenvalue weighted by Crippen LogP contribution is -2.48. The van der Waals surface area contributed by atoms with Gasteiger partial charge in [-0.3, -0.25) is 14.5 Å². The number of ether oxygens (including phenoxy) is 3. The van der Waals surface area contributed by atoms with Gasteiger partial charge in [-0.2, -0.15) is 0 Å². The Morgan fingerprint density at radius 1 is 1.00 bits per heavy atom. The summed E-state index contributed by atoms with van der Waals surface area (Å²) in [6.45, 7) is 1.87. The number of hydrogen-bond acceptors (Lipinski definition) is 7. The molecule has 3 aromatic carbocycles. The van der Waals surface area contributed by atoms with Crippen molar-refractivity contribution in [2.45, 2.75) is 57.2 Å². The Morgan fingerprint density at radius 3 is 2.54 bits per heavy atom. The van der Waals surface area contributed by atoms with Crippen LogP contribution in [0.5, 0.6) is 17.2 Å². The van der Waals surface area contributed by atoms with E-state index in [4.69, 9.17) is 14.2 Å². The molecule has 41 heavy (non-hydrogen) atoms. The van der Waals surface area contributed by atoms with Crippen LogP contribution in [0.4, 0.5) is 5.69 Å². The van der Waals surface area contributed by atoms with Gasteiger partial charge in [-0.15, -0.1) is 5.10 Å². The predicted molar refractivity (Wildman–Crippen MR) is 153 cm³/mol. The molecule has 1 aliphatic carbocycles. The number of carbonyl (C=O) groups excluding carboxylic acids is 2. The Morgan fingerprint density at radius 2 is 1.76 bits per heavy atom. The summed E-state index contributed by atoms with van der Waals surface area (Å²) in [6, 6.07) is 18.3. The van der Waals surface area contributed by atoms with Crippen LogP contribution in [0.25, 0.3) is 11.0 Å². The fourth-order valence-electron chi connectivity index (χ4n) is 5.65. The summed E-state index contributed by atoms with van der Waals surface area (Å²) < 4.78 is 18.1. The molecule has 1 aliphatic heterocycles. The van der Waals surface area contributed by atoms with Crippen molar-refractivity contribution in [3.63, 3.8) is 0 Å². The Balaban J connectivity index is 1.45. The van der Waals surface area contributed by atoms with Crippen molar-refractivity contribution >= 4 is 28.5 Å². The molecule has 1 N–H and O–H groups in total. The molecule has 10 nitrogen and oxygen atoms in total. The first kappa shape index (κ1) is 26.6. The van der Waals surface area contributed by atoms with Crippen LogP contribution in [0.3, 0.4) is 0 Å². The lowest BCUT2D eigenvalue weighted by atomic mass is 9.94. The molecule has 212 valence electrons. The number of nitrogens with one attached hydrogen (secondary N) is 1. The molecule has 10 heteroatoms. The van der Waals surface area contributed by atoms with E-state index in [2.05, 4.69) is 15.6 Å². The molecule has 0 saturated heterocycles. The maximum absolute atomic E-state index is 14.6. The summed E-state index contributed by atoms with van der Waals surface area (Å²) >= 11 is 0. The van der Waals surface area contributed by atoms with Gasteiger partial charge in [0.2, 0.25) is 12.7 Å². The molecule has 2 aliphatic rings. The first-order valence-corrected chi connectivity index (χ1v) is 14.0. The van der Waals surface area contributed by atoms with E-state index >= 15 is 0 Å². The number of carbonyl (C=O) groups is 2. The van der Waals surface area contributed by atoms with Crippen molar-refractivity contribution in [2.75, 3.05) is 18.8 Å². The fourth-order valence-corrected chi connectivity index (χ4v) is 5.65. The highest BCUT2D eigenvalue weighted by Crippen LogP contribution is 2.39. The van der Waals surface area contributed by atoms with Gasteiger partial charge in [0.05, 0.1) is 12.6 Å². The summed E-state index contributed by atoms with van der Waals surface area (Å²) in [5, 5.41) is 11.8. The highest BCUT2D eigenvalue weighted by molar-refractivity contribution is 6.03. The molecular formula is C31H33N5O5. The first-order valence-electron chi connectivity index (χ1n) is 14.0. The van der Waals surface area contributed by atoms with Gasteiger partial charge in [0, 0.05) is 17.8 Å². The van der Waals surface area contributed by atoms with Crippen molar-refractivity contribution in [3.8, 4) is 17.2 Å². The van der Waals surface area contributed by atoms with E-state index in [-0.39, 0.29) is 24.6 Å². The van der Waals surface area contributed by atoms with Crippen LogP contribution < -0.4 is 24.4 Å². The molecular weight excluding hydrogens is 522 g/mol. The molecule has 0 spiro atoms. The summed E-state index contributed by atoms with van der Waals surface area (Å²) in [4.78, 5) is 30.3. The molecule has 2 atom stereocenters. The number of fused-ring (bicyclic) bond motifs is 2. The minimum Gasteiger partial charge on any atom is -0.497 e. The summed E-state index contributed by atoms with van der Waals surface area (Å²) in [5.41, 5.74) is 2.58. The normalized spacial score (nSPS) is 16.2. The zero-order chi connectivity index (χ0) is 28.3. The molecule has 1 aromatic heterocycles. The minimum atomic E-state index is -0.965. The molecule has 2 amide bonds. The topological polar surface area (TPSA) is 108 Å². The van der Waals surface area contributed by atoms with E-state index in [0.717, 1.165) is 31.2 Å². The first-order chi connectivity index (χ1) is 20.0. The van der Waals surface area contributed by atoms with Gasteiger partial charge in [-0.25, -0.2) is 4.68 Å². The maximum atomic E-state index is 14.6. The van der Waals surface area contributed by atoms with Crippen LogP contribution >= 0.6 is 0 Å². The second-order valence-electron chi connectivity index (χ2n) is 10.5. The lowest BCUT2D eigenvalue weighted by Gasteiger charge is -2.35. The molecule has 6 rings (SSSR count). The fraction of sp³-hybridized carbons (Fsp3) is 0.355. The van der Waals surface area contributed by atoms with Gasteiger partial charge in [0.15, 0.2) is 11.5 Å². The predicted octanol–water partition coefficient (Wildman–Crippen LogP) is 4.95. The Hall–Kier alpha value is -4.60. The van der Waals surface area contributed by atoms with Crippen LogP contribution in [0, 0.1) is 0 Å². The van der Waals surface area contributed by atoms with E-state index in [9.17, 15) is 9.59 Å². The molecule has 2 heterocycles. The minimum absolute atomic E-state index is 0.0578. The maximum Gasteiger partial charge on any atom is 0.252 e. The average Bonchev–Trinajstić information content (AvgIpc) is 3.66. The zero-order valence-corrected chi connectivity index (χ0v) is 23.2. The van der Waals surface area contributed by atoms with E-state index in [1.54, 1.807) is 53.9 Å². The number of amides is 2. The summed E-state index contributed by atoms with van der Waals surface area (Å²) in [7, 11) is 1.59. The van der Waals surface area contributed by atoms with Crippen molar-refractivity contribution in [2.24, 2.45) is 0 Å². The van der Waals surface area contributed by atoms with Gasteiger partial charge in [-0.1, -0.05) is 48.7 Å². The van der Waals surface area contributed by atoms with E-state index in [1.807, 2.05) is 36.4 Å². The molecule has 0 radical (unpaired) electrons. The van der Waals surface area contributed by atoms with Gasteiger partial charge in [0.25, 0.3) is 5.91 Å². The van der Waals surface area contributed by atoms with Crippen LogP contribution in [-0.2, 0) is 9.59 Å². The second-order valence-corrected chi connectivity index (χ2v) is 10.5. The third-order valence-corrected chi connectivity index (χ3v) is 7.86. The Kier molecular flexibility index (Phi) is 7.45. The van der Waals surface area contributed by atoms with Crippen molar-refractivity contribution in [1.82, 2.24) is 20.3 Å². The molecule has 4 aromatic rings. The third-order valence-electron chi connectivity index (χ3n) is 7.86. The molecule has 2 unspecified atom stereocenters. The Bertz CT molecular complexity index is 1550. The van der Waals surface area contributed by atoms with Gasteiger partial charge >= 0.3 is 0 Å². The van der Waals surface area contributed by atoms with Crippen molar-refractivity contribution in [3.05, 3.63) is 72.3 Å². The molecule has 1 fully saturated rings. The highest BCUT2D eigenvalue weighted by atomic mass is 16.7. The Labute approximate surface area is 238 Å². The smallest absolute Gasteiger partial charge is 0.252 e.